The molecule has 18 heavy (non-hydrogen) atoms. The van der Waals surface area contributed by atoms with Crippen LogP contribution in [-0.2, 0) is 20.9 Å². The van der Waals surface area contributed by atoms with E-state index in [0.29, 0.717) is 5.89 Å². The van der Waals surface area contributed by atoms with Crippen LogP contribution in [0, 0.1) is 6.92 Å². The molecule has 2 heterocycles. The van der Waals surface area contributed by atoms with Crippen molar-refractivity contribution in [1.82, 2.24) is 26.1 Å². The normalized spacial score (nSPS) is 19.1. The van der Waals surface area contributed by atoms with E-state index in [1.165, 1.54) is 0 Å². The fourth-order valence-electron chi connectivity index (χ4n) is 1.41. The van der Waals surface area contributed by atoms with Gasteiger partial charge in [-0.15, -0.1) is 10.2 Å². The van der Waals surface area contributed by atoms with Gasteiger partial charge in [-0.1, -0.05) is 0 Å². The number of amides is 3. The van der Waals surface area contributed by atoms with Crippen LogP contribution >= 0.6 is 0 Å². The highest BCUT2D eigenvalue weighted by molar-refractivity contribution is 6.09. The van der Waals surface area contributed by atoms with E-state index in [-0.39, 0.29) is 19.0 Å². The number of carbonyl (C=O) groups is 3. The summed E-state index contributed by atoms with van der Waals surface area (Å²) in [6.45, 7) is 1.50. The molecule has 0 saturated carbocycles. The first kappa shape index (κ1) is 12.0. The van der Waals surface area contributed by atoms with Gasteiger partial charge >= 0.3 is 0 Å². The summed E-state index contributed by atoms with van der Waals surface area (Å²) in [5, 5.41) is 14.3. The Morgan fingerprint density at radius 2 is 2.28 bits per heavy atom. The topological polar surface area (TPSA) is 126 Å². The maximum Gasteiger partial charge on any atom is 0.252 e. The highest BCUT2D eigenvalue weighted by Gasteiger charge is 2.32. The van der Waals surface area contributed by atoms with Crippen LogP contribution in [0.3, 0.4) is 0 Å². The molecule has 1 aromatic heterocycles. The Labute approximate surface area is 101 Å². The summed E-state index contributed by atoms with van der Waals surface area (Å²) in [4.78, 5) is 34.1. The Morgan fingerprint density at radius 1 is 1.50 bits per heavy atom. The zero-order valence-electron chi connectivity index (χ0n) is 9.52. The molecule has 0 bridgehead atoms. The molecule has 9 nitrogen and oxygen atoms in total. The smallest absolute Gasteiger partial charge is 0.252 e. The van der Waals surface area contributed by atoms with E-state index in [2.05, 4.69) is 26.1 Å². The summed E-state index contributed by atoms with van der Waals surface area (Å²) in [6.07, 6.45) is 0. The molecule has 0 radical (unpaired) electrons. The van der Waals surface area contributed by atoms with Crippen molar-refractivity contribution in [2.75, 3.05) is 6.54 Å². The molecule has 1 atom stereocenters. The van der Waals surface area contributed by atoms with Crippen LogP contribution < -0.4 is 16.0 Å². The second-order valence-electron chi connectivity index (χ2n) is 3.65. The summed E-state index contributed by atoms with van der Waals surface area (Å²) in [5.74, 6) is -0.986. The molecule has 0 spiro atoms. The fourth-order valence-corrected chi connectivity index (χ4v) is 1.41. The van der Waals surface area contributed by atoms with Crippen LogP contribution in [-0.4, -0.2) is 40.5 Å². The largest absolute Gasteiger partial charge is 0.424 e. The van der Waals surface area contributed by atoms with Gasteiger partial charge in [-0.25, -0.2) is 0 Å². The number of rotatable bonds is 3. The van der Waals surface area contributed by atoms with Crippen molar-refractivity contribution >= 4 is 17.7 Å². The molecule has 1 aromatic rings. The quantitative estimate of drug-likeness (QED) is 0.516. The number of aryl methyl sites for hydroxylation is 1. The summed E-state index contributed by atoms with van der Waals surface area (Å²) < 4.78 is 5.04. The van der Waals surface area contributed by atoms with Crippen molar-refractivity contribution in [3.05, 3.63) is 11.8 Å². The van der Waals surface area contributed by atoms with Crippen molar-refractivity contribution in [3.8, 4) is 0 Å². The van der Waals surface area contributed by atoms with Gasteiger partial charge in [-0.2, -0.15) is 0 Å². The molecule has 9 heteroatoms. The highest BCUT2D eigenvalue weighted by Crippen LogP contribution is 1.98. The van der Waals surface area contributed by atoms with Crippen LogP contribution in [0.25, 0.3) is 0 Å². The summed E-state index contributed by atoms with van der Waals surface area (Å²) in [7, 11) is 0. The van der Waals surface area contributed by atoms with Gasteiger partial charge in [0, 0.05) is 6.92 Å². The van der Waals surface area contributed by atoms with Crippen LogP contribution in [0.1, 0.15) is 11.8 Å². The van der Waals surface area contributed by atoms with Gasteiger partial charge in [0.05, 0.1) is 13.1 Å². The van der Waals surface area contributed by atoms with E-state index in [9.17, 15) is 14.4 Å². The van der Waals surface area contributed by atoms with E-state index in [0.717, 1.165) is 0 Å². The van der Waals surface area contributed by atoms with Gasteiger partial charge < -0.3 is 20.4 Å². The minimum atomic E-state index is -1.23. The third-order valence-electron chi connectivity index (χ3n) is 2.23. The summed E-state index contributed by atoms with van der Waals surface area (Å²) in [6, 6.07) is -1.23. The monoisotopic (exact) mass is 253 g/mol. The molecule has 0 unspecified atom stereocenters. The molecule has 0 aliphatic carbocycles. The molecule has 0 aromatic carbocycles. The first-order chi connectivity index (χ1) is 8.56. The lowest BCUT2D eigenvalue weighted by Gasteiger charge is -2.21. The molecule has 1 saturated heterocycles. The lowest BCUT2D eigenvalue weighted by molar-refractivity contribution is -0.140. The Kier molecular flexibility index (Phi) is 3.22. The van der Waals surface area contributed by atoms with Crippen LogP contribution in [0.5, 0.6) is 0 Å². The van der Waals surface area contributed by atoms with Crippen molar-refractivity contribution in [2.45, 2.75) is 19.5 Å². The minimum absolute atomic E-state index is 0.000671. The van der Waals surface area contributed by atoms with Crippen molar-refractivity contribution in [2.24, 2.45) is 0 Å². The van der Waals surface area contributed by atoms with Crippen molar-refractivity contribution < 1.29 is 18.8 Å². The maximum absolute atomic E-state index is 11.7. The lowest BCUT2D eigenvalue weighted by Crippen LogP contribution is -2.61. The number of hydrogen-bond donors (Lipinski definition) is 3. The van der Waals surface area contributed by atoms with E-state index in [1.807, 2.05) is 0 Å². The Bertz CT molecular complexity index is 497. The second kappa shape index (κ2) is 4.82. The number of carbonyl (C=O) groups excluding carboxylic acids is 3. The number of nitrogens with zero attached hydrogens (tertiary/aromatic N) is 2. The molecule has 3 N–H and O–H groups in total. The average Bonchev–Trinajstić information content (AvgIpc) is 2.75. The Morgan fingerprint density at radius 3 is 2.94 bits per heavy atom. The summed E-state index contributed by atoms with van der Waals surface area (Å²) >= 11 is 0. The first-order valence-electron chi connectivity index (χ1n) is 5.20. The van der Waals surface area contributed by atoms with E-state index < -0.39 is 23.8 Å². The number of nitrogens with one attached hydrogen (secondary N) is 3. The lowest BCUT2D eigenvalue weighted by atomic mass is 10.2. The van der Waals surface area contributed by atoms with Gasteiger partial charge in [-0.05, 0) is 0 Å². The van der Waals surface area contributed by atoms with Crippen LogP contribution in [0.2, 0.25) is 0 Å². The van der Waals surface area contributed by atoms with Gasteiger partial charge in [-0.3, -0.25) is 14.4 Å². The molecule has 2 rings (SSSR count). The number of aromatic nitrogens is 2. The summed E-state index contributed by atoms with van der Waals surface area (Å²) in [5.41, 5.74) is 0. The Balaban J connectivity index is 1.91. The zero-order valence-corrected chi connectivity index (χ0v) is 9.52. The van der Waals surface area contributed by atoms with Gasteiger partial charge in [0.2, 0.25) is 17.7 Å². The number of hydrogen-bond acceptors (Lipinski definition) is 6. The maximum atomic E-state index is 11.7. The first-order valence-corrected chi connectivity index (χ1v) is 5.20. The molecule has 96 valence electrons. The predicted molar refractivity (Wildman–Crippen MR) is 55.8 cm³/mol. The Hall–Kier alpha value is -2.45. The van der Waals surface area contributed by atoms with E-state index in [4.69, 9.17) is 4.42 Å². The molecule has 1 aliphatic rings. The highest BCUT2D eigenvalue weighted by atomic mass is 16.4. The van der Waals surface area contributed by atoms with Gasteiger partial charge in [0.25, 0.3) is 11.8 Å². The predicted octanol–water partition coefficient (Wildman–Crippen LogP) is -2.39. The fraction of sp³-hybridized carbons (Fsp3) is 0.444. The third-order valence-corrected chi connectivity index (χ3v) is 2.23. The zero-order chi connectivity index (χ0) is 13.1. The molecule has 1 fully saturated rings. The van der Waals surface area contributed by atoms with E-state index >= 15 is 0 Å². The minimum Gasteiger partial charge on any atom is -0.424 e. The molecular weight excluding hydrogens is 242 g/mol. The SMILES string of the molecule is Cc1nnc(CNC(=O)[C@H]2NC(=O)CNC2=O)o1. The number of piperazine rings is 1. The average molecular weight is 253 g/mol. The molecule has 1 aliphatic heterocycles. The second-order valence-corrected chi connectivity index (χ2v) is 3.65. The molecule has 3 amide bonds. The van der Waals surface area contributed by atoms with Gasteiger partial charge in [0.15, 0.2) is 6.04 Å². The van der Waals surface area contributed by atoms with Crippen LogP contribution in [0.15, 0.2) is 4.42 Å². The van der Waals surface area contributed by atoms with Crippen LogP contribution in [0.4, 0.5) is 0 Å². The molecular formula is C9H11N5O4. The van der Waals surface area contributed by atoms with Crippen molar-refractivity contribution in [1.29, 1.82) is 0 Å². The van der Waals surface area contributed by atoms with E-state index in [1.54, 1.807) is 6.92 Å². The third kappa shape index (κ3) is 2.62. The van der Waals surface area contributed by atoms with Crippen molar-refractivity contribution in [3.63, 3.8) is 0 Å². The standard InChI is InChI=1S/C9H11N5O4/c1-4-13-14-6(18-4)3-11-9(17)7-8(16)10-2-5(15)12-7/h7H,2-3H2,1H3,(H,10,16)(H,11,17)(H,12,15)/t7-/m0/s1. The van der Waals surface area contributed by atoms with Gasteiger partial charge in [0.1, 0.15) is 0 Å².